The van der Waals surface area contributed by atoms with Gasteiger partial charge in [-0.15, -0.1) is 5.10 Å². The first kappa shape index (κ1) is 12.7. The maximum absolute atomic E-state index is 12.2. The van der Waals surface area contributed by atoms with Gasteiger partial charge in [0.05, 0.1) is 12.1 Å². The molecule has 0 aliphatic heterocycles. The smallest absolute Gasteiger partial charge is 0.278 e. The van der Waals surface area contributed by atoms with E-state index < -0.39 is 0 Å². The predicted octanol–water partition coefficient (Wildman–Crippen LogP) is 0.0296. The maximum Gasteiger partial charge on any atom is 0.278 e. The zero-order valence-corrected chi connectivity index (χ0v) is 10.4. The molecule has 0 spiro atoms. The number of hydrogen-bond donors (Lipinski definition) is 1. The number of fused-ring (bicyclic) bond motifs is 1. The van der Waals surface area contributed by atoms with E-state index in [1.165, 1.54) is 4.68 Å². The van der Waals surface area contributed by atoms with Crippen LogP contribution < -0.4 is 11.3 Å². The number of aromatic nitrogens is 3. The summed E-state index contributed by atoms with van der Waals surface area (Å²) in [4.78, 5) is 14.2. The van der Waals surface area contributed by atoms with E-state index in [0.717, 1.165) is 13.1 Å². The van der Waals surface area contributed by atoms with Crippen molar-refractivity contribution in [2.24, 2.45) is 5.73 Å². The molecule has 1 aromatic heterocycles. The average Bonchev–Trinajstić information content (AvgIpc) is 2.41. The Morgan fingerprint density at radius 1 is 1.39 bits per heavy atom. The van der Waals surface area contributed by atoms with E-state index in [1.807, 2.05) is 24.0 Å². The molecule has 0 atom stereocenters. The average molecular weight is 247 g/mol. The summed E-state index contributed by atoms with van der Waals surface area (Å²) < 4.78 is 1.38. The highest BCUT2D eigenvalue weighted by Crippen LogP contribution is 2.03. The van der Waals surface area contributed by atoms with E-state index in [2.05, 4.69) is 10.3 Å². The van der Waals surface area contributed by atoms with Crippen LogP contribution in [0.25, 0.3) is 10.9 Å². The number of nitrogens with zero attached hydrogens (tertiary/aromatic N) is 4. The van der Waals surface area contributed by atoms with E-state index in [1.54, 1.807) is 12.1 Å². The Balaban J connectivity index is 2.34. The Bertz CT molecular complexity index is 580. The summed E-state index contributed by atoms with van der Waals surface area (Å²) in [6.45, 7) is 4.55. The monoisotopic (exact) mass is 247 g/mol. The molecule has 1 heterocycles. The zero-order chi connectivity index (χ0) is 13.0. The Hall–Kier alpha value is -1.79. The highest BCUT2D eigenvalue weighted by molar-refractivity contribution is 5.76. The summed E-state index contributed by atoms with van der Waals surface area (Å²) >= 11 is 0. The Morgan fingerprint density at radius 3 is 2.89 bits per heavy atom. The summed E-state index contributed by atoms with van der Waals surface area (Å²) in [5.41, 5.74) is 6.03. The fourth-order valence-corrected chi connectivity index (χ4v) is 1.82. The van der Waals surface area contributed by atoms with Gasteiger partial charge in [0.15, 0.2) is 0 Å². The molecule has 0 fully saturated rings. The molecule has 18 heavy (non-hydrogen) atoms. The van der Waals surface area contributed by atoms with E-state index >= 15 is 0 Å². The highest BCUT2D eigenvalue weighted by Gasteiger charge is 2.08. The lowest BCUT2D eigenvalue weighted by Crippen LogP contribution is -2.37. The van der Waals surface area contributed by atoms with Crippen LogP contribution in [-0.4, -0.2) is 39.5 Å². The van der Waals surface area contributed by atoms with E-state index in [-0.39, 0.29) is 5.56 Å². The van der Waals surface area contributed by atoms with Gasteiger partial charge in [-0.3, -0.25) is 9.69 Å². The van der Waals surface area contributed by atoms with Crippen LogP contribution in [0.3, 0.4) is 0 Å². The molecule has 0 unspecified atom stereocenters. The second-order valence-corrected chi connectivity index (χ2v) is 4.05. The fourth-order valence-electron chi connectivity index (χ4n) is 1.82. The molecule has 0 amide bonds. The third-order valence-corrected chi connectivity index (χ3v) is 2.86. The van der Waals surface area contributed by atoms with Gasteiger partial charge in [0, 0.05) is 13.1 Å². The first-order chi connectivity index (χ1) is 8.76. The molecule has 2 N–H and O–H groups in total. The van der Waals surface area contributed by atoms with Crippen LogP contribution in [0.2, 0.25) is 0 Å². The Morgan fingerprint density at radius 2 is 2.17 bits per heavy atom. The summed E-state index contributed by atoms with van der Waals surface area (Å²) in [6, 6.07) is 7.22. The molecule has 0 aliphatic carbocycles. The van der Waals surface area contributed by atoms with Crippen molar-refractivity contribution in [3.8, 4) is 0 Å². The van der Waals surface area contributed by atoms with Crippen LogP contribution in [0, 0.1) is 0 Å². The van der Waals surface area contributed by atoms with Crippen LogP contribution in [0.1, 0.15) is 6.92 Å². The third-order valence-electron chi connectivity index (χ3n) is 2.86. The molecular weight excluding hydrogens is 230 g/mol. The minimum Gasteiger partial charge on any atom is -0.329 e. The molecule has 0 saturated carbocycles. The van der Waals surface area contributed by atoms with E-state index in [4.69, 9.17) is 5.73 Å². The lowest BCUT2D eigenvalue weighted by molar-refractivity contribution is 0.215. The molecule has 0 aliphatic rings. The normalized spacial score (nSPS) is 11.3. The van der Waals surface area contributed by atoms with Gasteiger partial charge in [-0.25, -0.2) is 0 Å². The second-order valence-electron chi connectivity index (χ2n) is 4.05. The van der Waals surface area contributed by atoms with Gasteiger partial charge in [-0.05, 0) is 18.7 Å². The van der Waals surface area contributed by atoms with Crippen LogP contribution >= 0.6 is 0 Å². The summed E-state index contributed by atoms with van der Waals surface area (Å²) in [5.74, 6) is 0. The molecule has 6 nitrogen and oxygen atoms in total. The van der Waals surface area contributed by atoms with Gasteiger partial charge >= 0.3 is 0 Å². The van der Waals surface area contributed by atoms with Crippen LogP contribution in [0.15, 0.2) is 29.1 Å². The minimum atomic E-state index is -0.115. The molecule has 2 aromatic rings. The zero-order valence-electron chi connectivity index (χ0n) is 10.4. The Labute approximate surface area is 105 Å². The van der Waals surface area contributed by atoms with Gasteiger partial charge in [-0.1, -0.05) is 24.3 Å². The maximum atomic E-state index is 12.2. The quantitative estimate of drug-likeness (QED) is 0.806. The van der Waals surface area contributed by atoms with Crippen LogP contribution in [0.5, 0.6) is 0 Å². The first-order valence-electron chi connectivity index (χ1n) is 6.01. The van der Waals surface area contributed by atoms with Crippen molar-refractivity contribution >= 4 is 10.9 Å². The molecule has 96 valence electrons. The number of hydrogen-bond acceptors (Lipinski definition) is 5. The van der Waals surface area contributed by atoms with Crippen molar-refractivity contribution in [1.82, 2.24) is 19.9 Å². The number of benzene rings is 1. The summed E-state index contributed by atoms with van der Waals surface area (Å²) in [5, 5.41) is 8.59. The number of rotatable bonds is 5. The molecular formula is C12H17N5O. The standard InChI is InChI=1S/C12H17N5O/c1-2-16(8-7-13)9-17-12(18)10-5-3-4-6-11(10)14-15-17/h3-6H,2,7-9,13H2,1H3. The summed E-state index contributed by atoms with van der Waals surface area (Å²) in [6.07, 6.45) is 0. The molecule has 2 rings (SSSR count). The molecule has 6 heteroatoms. The molecule has 1 aromatic carbocycles. The van der Waals surface area contributed by atoms with Gasteiger partial charge < -0.3 is 5.73 Å². The van der Waals surface area contributed by atoms with Gasteiger partial charge in [-0.2, -0.15) is 4.68 Å². The van der Waals surface area contributed by atoms with Gasteiger partial charge in [0.1, 0.15) is 5.52 Å². The van der Waals surface area contributed by atoms with Gasteiger partial charge in [0.2, 0.25) is 0 Å². The molecule has 0 radical (unpaired) electrons. The Kier molecular flexibility index (Phi) is 4.01. The summed E-state index contributed by atoms with van der Waals surface area (Å²) in [7, 11) is 0. The van der Waals surface area contributed by atoms with Crippen molar-refractivity contribution in [2.75, 3.05) is 19.6 Å². The first-order valence-corrected chi connectivity index (χ1v) is 6.01. The largest absolute Gasteiger partial charge is 0.329 e. The minimum absolute atomic E-state index is 0.115. The fraction of sp³-hybridized carbons (Fsp3) is 0.417. The lowest BCUT2D eigenvalue weighted by Gasteiger charge is -2.19. The van der Waals surface area contributed by atoms with Crippen LogP contribution in [0.4, 0.5) is 0 Å². The SMILES string of the molecule is CCN(CCN)Cn1nnc2ccccc2c1=O. The van der Waals surface area contributed by atoms with Crippen molar-refractivity contribution < 1.29 is 0 Å². The van der Waals surface area contributed by atoms with E-state index in [9.17, 15) is 4.79 Å². The molecule has 0 saturated heterocycles. The molecule has 0 bridgehead atoms. The van der Waals surface area contributed by atoms with Crippen molar-refractivity contribution in [3.63, 3.8) is 0 Å². The second kappa shape index (κ2) is 5.70. The van der Waals surface area contributed by atoms with E-state index in [0.29, 0.717) is 24.1 Å². The lowest BCUT2D eigenvalue weighted by atomic mass is 10.2. The van der Waals surface area contributed by atoms with Gasteiger partial charge in [0.25, 0.3) is 5.56 Å². The topological polar surface area (TPSA) is 77.0 Å². The predicted molar refractivity (Wildman–Crippen MR) is 70.1 cm³/mol. The van der Waals surface area contributed by atoms with Crippen LogP contribution in [-0.2, 0) is 6.67 Å². The number of likely N-dealkylation sites (N-methyl/N-ethyl adjacent to an activating group) is 1. The highest BCUT2D eigenvalue weighted by atomic mass is 16.1. The van der Waals surface area contributed by atoms with Crippen molar-refractivity contribution in [2.45, 2.75) is 13.6 Å². The van der Waals surface area contributed by atoms with Crippen molar-refractivity contribution in [3.05, 3.63) is 34.6 Å². The number of nitrogens with two attached hydrogens (primary N) is 1. The third kappa shape index (κ3) is 2.55. The van der Waals surface area contributed by atoms with Crippen molar-refractivity contribution in [1.29, 1.82) is 0 Å².